The number of hydrogen-bond donors (Lipinski definition) is 3. The van der Waals surface area contributed by atoms with Crippen molar-refractivity contribution in [3.63, 3.8) is 0 Å². The Morgan fingerprint density at radius 2 is 1.92 bits per heavy atom. The van der Waals surface area contributed by atoms with Gasteiger partial charge in [-0.3, -0.25) is 14.4 Å². The molecule has 3 amide bonds. The van der Waals surface area contributed by atoms with Gasteiger partial charge in [-0.15, -0.1) is 0 Å². The van der Waals surface area contributed by atoms with E-state index in [9.17, 15) is 24.3 Å². The Hall–Kier alpha value is -2.85. The minimum atomic E-state index is -1.09. The molecule has 0 bridgehead atoms. The molecule has 0 heterocycles. The van der Waals surface area contributed by atoms with Gasteiger partial charge >= 0.3 is 6.16 Å². The van der Waals surface area contributed by atoms with Crippen molar-refractivity contribution in [3.8, 4) is 0 Å². The highest BCUT2D eigenvalue weighted by atomic mass is 35.5. The number of amides is 3. The molecule has 38 heavy (non-hydrogen) atoms. The molecule has 0 spiro atoms. The summed E-state index contributed by atoms with van der Waals surface area (Å²) in [5, 5.41) is 15.7. The van der Waals surface area contributed by atoms with Gasteiger partial charge in [0.05, 0.1) is 19.2 Å². The van der Waals surface area contributed by atoms with Crippen molar-refractivity contribution in [2.24, 2.45) is 5.92 Å². The molecule has 10 nitrogen and oxygen atoms in total. The van der Waals surface area contributed by atoms with Crippen molar-refractivity contribution in [1.82, 2.24) is 15.5 Å². The molecule has 0 aliphatic heterocycles. The molecular weight excluding hydrogens is 514 g/mol. The highest BCUT2D eigenvalue weighted by molar-refractivity contribution is 6.30. The monoisotopic (exact) mass is 553 g/mol. The molecule has 212 valence electrons. The number of rotatable bonds is 14. The largest absolute Gasteiger partial charge is 0.509 e. The molecule has 2 rings (SSSR count). The zero-order valence-corrected chi connectivity index (χ0v) is 23.0. The van der Waals surface area contributed by atoms with E-state index in [4.69, 9.17) is 21.1 Å². The molecule has 3 N–H and O–H groups in total. The summed E-state index contributed by atoms with van der Waals surface area (Å²) in [6, 6.07) is 6.15. The number of carbonyl (C=O) groups excluding carboxylic acids is 4. The predicted octanol–water partition coefficient (Wildman–Crippen LogP) is 3.18. The second kappa shape index (κ2) is 16.9. The topological polar surface area (TPSA) is 134 Å². The van der Waals surface area contributed by atoms with E-state index in [-0.39, 0.29) is 43.7 Å². The third-order valence-corrected chi connectivity index (χ3v) is 6.74. The summed E-state index contributed by atoms with van der Waals surface area (Å²) in [5.41, 5.74) is 0.685. The standard InChI is InChI=1S/C27H40ClN3O7/c1-3-29-24(33)16-31(2)25(34)13-12-22(17-32)30-26(35)23(15-19-8-5-4-6-9-19)38-27(36)37-18-20-10-7-11-21(28)14-20/h7,10-11,14,19,22-23,32H,3-6,8-9,12-13,15-18H2,1-2H3,(H,29,33)(H,30,35)/t22-,23-/m0/s1. The molecule has 1 aromatic rings. The number of ether oxygens (including phenoxy) is 2. The SMILES string of the molecule is CCNC(=O)CN(C)C(=O)CC[C@@H](CO)NC(=O)[C@H](CC1CCCCC1)OC(=O)OCc1cccc(Cl)c1. The van der Waals surface area contributed by atoms with E-state index in [1.807, 2.05) is 0 Å². The summed E-state index contributed by atoms with van der Waals surface area (Å²) in [6.07, 6.45) is 3.63. The predicted molar refractivity (Wildman–Crippen MR) is 142 cm³/mol. The van der Waals surface area contributed by atoms with Gasteiger partial charge in [0.15, 0.2) is 6.10 Å². The molecule has 11 heteroatoms. The minimum absolute atomic E-state index is 0.0250. The second-order valence-corrected chi connectivity index (χ2v) is 10.1. The Balaban J connectivity index is 1.93. The average molecular weight is 554 g/mol. The zero-order chi connectivity index (χ0) is 27.9. The molecule has 0 radical (unpaired) electrons. The normalized spacial score (nSPS) is 15.2. The van der Waals surface area contributed by atoms with E-state index < -0.39 is 30.8 Å². The fraction of sp³-hybridized carbons (Fsp3) is 0.630. The van der Waals surface area contributed by atoms with Gasteiger partial charge in [0, 0.05) is 25.0 Å². The summed E-state index contributed by atoms with van der Waals surface area (Å²) >= 11 is 5.97. The minimum Gasteiger partial charge on any atom is -0.429 e. The van der Waals surface area contributed by atoms with Crippen LogP contribution in [0.5, 0.6) is 0 Å². The van der Waals surface area contributed by atoms with Crippen LogP contribution in [-0.4, -0.2) is 72.8 Å². The lowest BCUT2D eigenvalue weighted by Gasteiger charge is -2.27. The molecule has 1 aliphatic carbocycles. The summed E-state index contributed by atoms with van der Waals surface area (Å²) in [4.78, 5) is 51.0. The van der Waals surface area contributed by atoms with E-state index in [1.165, 1.54) is 11.9 Å². The van der Waals surface area contributed by atoms with E-state index >= 15 is 0 Å². The van der Waals surface area contributed by atoms with Crippen molar-refractivity contribution in [2.75, 3.05) is 26.7 Å². The zero-order valence-electron chi connectivity index (χ0n) is 22.2. The van der Waals surface area contributed by atoms with Gasteiger partial charge < -0.3 is 30.1 Å². The first kappa shape index (κ1) is 31.4. The van der Waals surface area contributed by atoms with Crippen LogP contribution in [0.1, 0.15) is 63.9 Å². The number of aliphatic hydroxyl groups is 1. The molecule has 0 unspecified atom stereocenters. The highest BCUT2D eigenvalue weighted by Crippen LogP contribution is 2.28. The Labute approximate surface area is 229 Å². The van der Waals surface area contributed by atoms with E-state index in [0.29, 0.717) is 23.6 Å². The van der Waals surface area contributed by atoms with Gasteiger partial charge in [0.25, 0.3) is 5.91 Å². The number of halogens is 1. The van der Waals surface area contributed by atoms with Crippen molar-refractivity contribution >= 4 is 35.5 Å². The van der Waals surface area contributed by atoms with E-state index in [1.54, 1.807) is 31.2 Å². The second-order valence-electron chi connectivity index (χ2n) is 9.64. The summed E-state index contributed by atoms with van der Waals surface area (Å²) < 4.78 is 10.6. The van der Waals surface area contributed by atoms with Gasteiger partial charge in [-0.2, -0.15) is 0 Å². The van der Waals surface area contributed by atoms with Gasteiger partial charge in [-0.05, 0) is 43.4 Å². The Kier molecular flexibility index (Phi) is 13.9. The fourth-order valence-corrected chi connectivity index (χ4v) is 4.61. The number of aliphatic hydroxyl groups excluding tert-OH is 1. The number of nitrogens with one attached hydrogen (secondary N) is 2. The number of carbonyl (C=O) groups is 4. The Bertz CT molecular complexity index is 924. The van der Waals surface area contributed by atoms with Gasteiger partial charge in [-0.25, -0.2) is 4.79 Å². The van der Waals surface area contributed by atoms with Crippen LogP contribution in [0.25, 0.3) is 0 Å². The van der Waals surface area contributed by atoms with Crippen LogP contribution in [0, 0.1) is 5.92 Å². The smallest absolute Gasteiger partial charge is 0.429 e. The van der Waals surface area contributed by atoms with Crippen LogP contribution in [0.3, 0.4) is 0 Å². The molecule has 1 fully saturated rings. The molecule has 2 atom stereocenters. The van der Waals surface area contributed by atoms with Crippen LogP contribution in [-0.2, 0) is 30.5 Å². The maximum absolute atomic E-state index is 13.1. The first-order chi connectivity index (χ1) is 18.2. The number of benzene rings is 1. The third-order valence-electron chi connectivity index (χ3n) is 6.50. The summed E-state index contributed by atoms with van der Waals surface area (Å²) in [6.45, 7) is 1.74. The van der Waals surface area contributed by atoms with Crippen LogP contribution >= 0.6 is 11.6 Å². The maximum Gasteiger partial charge on any atom is 0.509 e. The van der Waals surface area contributed by atoms with Crippen LogP contribution in [0.2, 0.25) is 5.02 Å². The van der Waals surface area contributed by atoms with Gasteiger partial charge in [0.1, 0.15) is 6.61 Å². The van der Waals surface area contributed by atoms with Crippen molar-refractivity contribution in [2.45, 2.75) is 77.0 Å². The molecular formula is C27H40ClN3O7. The molecule has 1 aliphatic rings. The molecule has 0 saturated heterocycles. The van der Waals surface area contributed by atoms with Crippen molar-refractivity contribution in [1.29, 1.82) is 0 Å². The van der Waals surface area contributed by atoms with E-state index in [0.717, 1.165) is 32.1 Å². The lowest BCUT2D eigenvalue weighted by atomic mass is 9.85. The molecule has 1 aromatic carbocycles. The van der Waals surface area contributed by atoms with Crippen LogP contribution in [0.15, 0.2) is 24.3 Å². The Morgan fingerprint density at radius 1 is 1.18 bits per heavy atom. The maximum atomic E-state index is 13.1. The van der Waals surface area contributed by atoms with Crippen molar-refractivity contribution < 1.29 is 33.8 Å². The lowest BCUT2D eigenvalue weighted by Crippen LogP contribution is -2.46. The quantitative estimate of drug-likeness (QED) is 0.301. The number of likely N-dealkylation sites (N-methyl/N-ethyl adjacent to an activating group) is 2. The molecule has 1 saturated carbocycles. The average Bonchev–Trinajstić information content (AvgIpc) is 2.89. The van der Waals surface area contributed by atoms with Crippen LogP contribution < -0.4 is 10.6 Å². The lowest BCUT2D eigenvalue weighted by molar-refractivity contribution is -0.135. The highest BCUT2D eigenvalue weighted by Gasteiger charge is 2.30. The fourth-order valence-electron chi connectivity index (χ4n) is 4.40. The Morgan fingerprint density at radius 3 is 2.58 bits per heavy atom. The summed E-state index contributed by atoms with van der Waals surface area (Å²) in [5.74, 6) is -0.862. The third kappa shape index (κ3) is 11.7. The number of hydrogen-bond acceptors (Lipinski definition) is 7. The molecule has 0 aromatic heterocycles. The first-order valence-corrected chi connectivity index (χ1v) is 13.6. The van der Waals surface area contributed by atoms with Crippen LogP contribution in [0.4, 0.5) is 4.79 Å². The van der Waals surface area contributed by atoms with E-state index in [2.05, 4.69) is 10.6 Å². The first-order valence-electron chi connectivity index (χ1n) is 13.2. The number of nitrogens with zero attached hydrogens (tertiary/aromatic N) is 1. The van der Waals surface area contributed by atoms with Gasteiger partial charge in [-0.1, -0.05) is 55.8 Å². The van der Waals surface area contributed by atoms with Crippen molar-refractivity contribution in [3.05, 3.63) is 34.9 Å². The van der Waals surface area contributed by atoms with Gasteiger partial charge in [0.2, 0.25) is 11.8 Å². The summed E-state index contributed by atoms with van der Waals surface area (Å²) in [7, 11) is 1.52.